The smallest absolute Gasteiger partial charge is 0.115 e. The lowest BCUT2D eigenvalue weighted by Gasteiger charge is -2.46. The van der Waals surface area contributed by atoms with Crippen molar-refractivity contribution in [3.8, 4) is 0 Å². The molecule has 0 aromatic carbocycles. The van der Waals surface area contributed by atoms with Crippen molar-refractivity contribution in [1.29, 1.82) is 0 Å². The van der Waals surface area contributed by atoms with Crippen LogP contribution in [0.3, 0.4) is 0 Å². The zero-order chi connectivity index (χ0) is 11.5. The molecule has 92 valence electrons. The predicted octanol–water partition coefficient (Wildman–Crippen LogP) is -0.434. The van der Waals surface area contributed by atoms with Crippen LogP contribution in [0.5, 0.6) is 0 Å². The molecule has 2 aliphatic heterocycles. The molecule has 3 heterocycles. The molecule has 0 bridgehead atoms. The third-order valence-electron chi connectivity index (χ3n) is 3.63. The van der Waals surface area contributed by atoms with Gasteiger partial charge in [0.2, 0.25) is 0 Å². The summed E-state index contributed by atoms with van der Waals surface area (Å²) in [5.74, 6) is 0. The zero-order valence-corrected chi connectivity index (χ0v) is 10.0. The Morgan fingerprint density at radius 1 is 1.29 bits per heavy atom. The van der Waals surface area contributed by atoms with Crippen molar-refractivity contribution < 1.29 is 0 Å². The van der Waals surface area contributed by atoms with Gasteiger partial charge in [0.05, 0.1) is 5.69 Å². The minimum atomic E-state index is 0.763. The zero-order valence-electron chi connectivity index (χ0n) is 10.0. The second-order valence-corrected chi connectivity index (χ2v) is 4.83. The van der Waals surface area contributed by atoms with Crippen molar-refractivity contribution in [2.24, 2.45) is 0 Å². The number of aromatic nitrogens is 2. The molecule has 2 aliphatic rings. The number of hydrogen-bond acceptors (Lipinski definition) is 5. The summed E-state index contributed by atoms with van der Waals surface area (Å²) in [7, 11) is 0. The van der Waals surface area contributed by atoms with Gasteiger partial charge in [0.15, 0.2) is 0 Å². The maximum atomic E-state index is 4.26. The van der Waals surface area contributed by atoms with E-state index in [0.717, 1.165) is 31.4 Å². The Morgan fingerprint density at radius 3 is 2.82 bits per heavy atom. The molecule has 0 atom stereocenters. The fourth-order valence-corrected chi connectivity index (χ4v) is 2.59. The molecule has 0 radical (unpaired) electrons. The van der Waals surface area contributed by atoms with E-state index in [4.69, 9.17) is 0 Å². The van der Waals surface area contributed by atoms with E-state index in [-0.39, 0.29) is 0 Å². The molecule has 17 heavy (non-hydrogen) atoms. The summed E-state index contributed by atoms with van der Waals surface area (Å²) in [6.45, 7) is 8.02. The first kappa shape index (κ1) is 11.1. The molecule has 0 aliphatic carbocycles. The Bertz CT molecular complexity index is 343. The lowest BCUT2D eigenvalue weighted by molar-refractivity contribution is 0.0216. The molecule has 1 aromatic rings. The molecular weight excluding hydrogens is 214 g/mol. The van der Waals surface area contributed by atoms with Crippen LogP contribution in [0.15, 0.2) is 18.6 Å². The molecule has 0 unspecified atom stereocenters. The van der Waals surface area contributed by atoms with Gasteiger partial charge in [0.25, 0.3) is 0 Å². The van der Waals surface area contributed by atoms with Gasteiger partial charge in [-0.3, -0.25) is 9.80 Å². The monoisotopic (exact) mass is 233 g/mol. The molecule has 1 N–H and O–H groups in total. The molecular formula is C12H19N5. The normalized spacial score (nSPS) is 23.5. The summed E-state index contributed by atoms with van der Waals surface area (Å²) in [4.78, 5) is 13.3. The highest BCUT2D eigenvalue weighted by Crippen LogP contribution is 2.17. The van der Waals surface area contributed by atoms with Crippen molar-refractivity contribution in [3.63, 3.8) is 0 Å². The third kappa shape index (κ3) is 2.62. The molecule has 2 fully saturated rings. The Hall–Kier alpha value is -1.04. The van der Waals surface area contributed by atoms with Crippen LogP contribution in [-0.2, 0) is 6.54 Å². The number of rotatable bonds is 3. The lowest BCUT2D eigenvalue weighted by atomic mass is 10.1. The van der Waals surface area contributed by atoms with E-state index in [2.05, 4.69) is 25.1 Å². The van der Waals surface area contributed by atoms with Crippen molar-refractivity contribution >= 4 is 0 Å². The molecule has 1 aromatic heterocycles. The highest BCUT2D eigenvalue weighted by molar-refractivity contribution is 5.00. The van der Waals surface area contributed by atoms with Crippen molar-refractivity contribution in [2.45, 2.75) is 12.6 Å². The number of likely N-dealkylation sites (tertiary alicyclic amines) is 1. The van der Waals surface area contributed by atoms with E-state index in [1.807, 2.05) is 12.3 Å². The van der Waals surface area contributed by atoms with Gasteiger partial charge in [0, 0.05) is 58.1 Å². The van der Waals surface area contributed by atoms with Crippen LogP contribution >= 0.6 is 0 Å². The average molecular weight is 233 g/mol. The second kappa shape index (κ2) is 5.08. The molecule has 0 amide bonds. The second-order valence-electron chi connectivity index (χ2n) is 4.83. The first-order valence-electron chi connectivity index (χ1n) is 6.34. The van der Waals surface area contributed by atoms with Gasteiger partial charge >= 0.3 is 0 Å². The molecule has 5 heteroatoms. The molecule has 5 nitrogen and oxygen atoms in total. The maximum Gasteiger partial charge on any atom is 0.115 e. The van der Waals surface area contributed by atoms with Gasteiger partial charge in [-0.1, -0.05) is 0 Å². The van der Waals surface area contributed by atoms with Crippen LogP contribution in [0.4, 0.5) is 0 Å². The summed E-state index contributed by atoms with van der Waals surface area (Å²) in [6.07, 6.45) is 3.44. The van der Waals surface area contributed by atoms with Crippen LogP contribution in [0.1, 0.15) is 5.69 Å². The molecule has 2 saturated heterocycles. The summed E-state index contributed by atoms with van der Waals surface area (Å²) >= 11 is 0. The SMILES string of the molecule is c1cc(CN2CC(N3CCNCC3)C2)ncn1. The van der Waals surface area contributed by atoms with Crippen LogP contribution in [-0.4, -0.2) is 65.1 Å². The maximum absolute atomic E-state index is 4.26. The van der Waals surface area contributed by atoms with Crippen LogP contribution < -0.4 is 5.32 Å². The van der Waals surface area contributed by atoms with Gasteiger partial charge in [-0.05, 0) is 6.07 Å². The van der Waals surface area contributed by atoms with Crippen molar-refractivity contribution in [1.82, 2.24) is 25.1 Å². The Morgan fingerprint density at radius 2 is 2.12 bits per heavy atom. The van der Waals surface area contributed by atoms with E-state index >= 15 is 0 Å². The van der Waals surface area contributed by atoms with Crippen LogP contribution in [0.25, 0.3) is 0 Å². The van der Waals surface area contributed by atoms with Crippen LogP contribution in [0.2, 0.25) is 0 Å². The van der Waals surface area contributed by atoms with Gasteiger partial charge in [0.1, 0.15) is 6.33 Å². The highest BCUT2D eigenvalue weighted by atomic mass is 15.3. The summed E-state index contributed by atoms with van der Waals surface area (Å²) < 4.78 is 0. The van der Waals surface area contributed by atoms with E-state index in [1.165, 1.54) is 26.2 Å². The number of nitrogens with one attached hydrogen (secondary N) is 1. The number of piperazine rings is 1. The fraction of sp³-hybridized carbons (Fsp3) is 0.667. The molecule has 3 rings (SSSR count). The van der Waals surface area contributed by atoms with Gasteiger partial charge in [-0.25, -0.2) is 9.97 Å². The number of nitrogens with zero attached hydrogens (tertiary/aromatic N) is 4. The van der Waals surface area contributed by atoms with Gasteiger partial charge in [-0.15, -0.1) is 0 Å². The van der Waals surface area contributed by atoms with E-state index in [1.54, 1.807) is 6.33 Å². The minimum Gasteiger partial charge on any atom is -0.314 e. The minimum absolute atomic E-state index is 0.763. The predicted molar refractivity (Wildman–Crippen MR) is 65.5 cm³/mol. The largest absolute Gasteiger partial charge is 0.314 e. The fourth-order valence-electron chi connectivity index (χ4n) is 2.59. The summed E-state index contributed by atoms with van der Waals surface area (Å²) in [5.41, 5.74) is 1.12. The standard InChI is InChI=1S/C12H19N5/c1-2-14-10-15-11(1)7-16-8-12(9-16)17-5-3-13-4-6-17/h1-2,10,12-13H,3-9H2. The van der Waals surface area contributed by atoms with E-state index in [0.29, 0.717) is 0 Å². The summed E-state index contributed by atoms with van der Waals surface area (Å²) in [6, 6.07) is 2.76. The molecule has 0 spiro atoms. The molecule has 0 saturated carbocycles. The topological polar surface area (TPSA) is 44.3 Å². The van der Waals surface area contributed by atoms with Crippen LogP contribution in [0, 0.1) is 0 Å². The summed E-state index contributed by atoms with van der Waals surface area (Å²) in [5, 5.41) is 3.40. The average Bonchev–Trinajstić information content (AvgIpc) is 2.36. The van der Waals surface area contributed by atoms with Crippen molar-refractivity contribution in [2.75, 3.05) is 39.3 Å². The third-order valence-corrected chi connectivity index (χ3v) is 3.63. The van der Waals surface area contributed by atoms with Gasteiger partial charge < -0.3 is 5.32 Å². The Balaban J connectivity index is 1.45. The van der Waals surface area contributed by atoms with Gasteiger partial charge in [-0.2, -0.15) is 0 Å². The first-order chi connectivity index (χ1) is 8.42. The highest BCUT2D eigenvalue weighted by Gasteiger charge is 2.32. The number of hydrogen-bond donors (Lipinski definition) is 1. The lowest BCUT2D eigenvalue weighted by Crippen LogP contribution is -2.62. The van der Waals surface area contributed by atoms with Crippen molar-refractivity contribution in [3.05, 3.63) is 24.3 Å². The Kier molecular flexibility index (Phi) is 3.31. The first-order valence-corrected chi connectivity index (χ1v) is 6.34. The Labute approximate surface area is 102 Å². The van der Waals surface area contributed by atoms with E-state index < -0.39 is 0 Å². The quantitative estimate of drug-likeness (QED) is 0.767. The van der Waals surface area contributed by atoms with E-state index in [9.17, 15) is 0 Å².